The largest absolute Gasteiger partial charge is 0.497 e. The van der Waals surface area contributed by atoms with E-state index in [0.717, 1.165) is 11.3 Å². The van der Waals surface area contributed by atoms with Gasteiger partial charge in [-0.1, -0.05) is 6.07 Å². The molecular formula is C9H11O. The van der Waals surface area contributed by atoms with E-state index in [1.807, 2.05) is 25.1 Å². The van der Waals surface area contributed by atoms with Gasteiger partial charge >= 0.3 is 0 Å². The molecule has 1 aromatic rings. The predicted octanol–water partition coefficient (Wildman–Crippen LogP) is 2.19. The van der Waals surface area contributed by atoms with Gasteiger partial charge in [-0.15, -0.1) is 0 Å². The van der Waals surface area contributed by atoms with Gasteiger partial charge in [-0.3, -0.25) is 0 Å². The zero-order valence-corrected chi connectivity index (χ0v) is 6.35. The van der Waals surface area contributed by atoms with E-state index in [2.05, 4.69) is 6.92 Å². The maximum atomic E-state index is 5.02. The molecule has 10 heavy (non-hydrogen) atoms. The quantitative estimate of drug-likeness (QED) is 0.573. The summed E-state index contributed by atoms with van der Waals surface area (Å²) in [5.41, 5.74) is 2.22. The minimum absolute atomic E-state index is 0.893. The van der Waals surface area contributed by atoms with Crippen molar-refractivity contribution in [2.24, 2.45) is 0 Å². The van der Waals surface area contributed by atoms with Crippen LogP contribution in [0.4, 0.5) is 0 Å². The maximum absolute atomic E-state index is 5.02. The molecule has 1 nitrogen and oxygen atoms in total. The molecule has 0 unspecified atom stereocenters. The van der Waals surface area contributed by atoms with Crippen LogP contribution in [0.15, 0.2) is 18.2 Å². The summed E-state index contributed by atoms with van der Waals surface area (Å²) < 4.78 is 5.02. The third kappa shape index (κ3) is 1.29. The first-order valence-corrected chi connectivity index (χ1v) is 3.20. The zero-order valence-electron chi connectivity index (χ0n) is 6.35. The Hall–Kier alpha value is -0.980. The molecular weight excluding hydrogens is 124 g/mol. The third-order valence-electron chi connectivity index (χ3n) is 1.55. The first-order chi connectivity index (χ1) is 4.74. The van der Waals surface area contributed by atoms with Crippen molar-refractivity contribution in [2.75, 3.05) is 7.11 Å². The molecule has 0 N–H and O–H groups in total. The van der Waals surface area contributed by atoms with E-state index in [0.29, 0.717) is 0 Å². The standard InChI is InChI=1S/C9H11O/c1-7-4-5-9(10-3)6-8(7)2/h4-6H,1H2,2-3H3. The summed E-state index contributed by atoms with van der Waals surface area (Å²) in [4.78, 5) is 0. The van der Waals surface area contributed by atoms with Gasteiger partial charge < -0.3 is 4.74 Å². The van der Waals surface area contributed by atoms with Gasteiger partial charge in [0.2, 0.25) is 0 Å². The molecule has 0 atom stereocenters. The number of benzene rings is 1. The van der Waals surface area contributed by atoms with Gasteiger partial charge in [0.05, 0.1) is 7.11 Å². The highest BCUT2D eigenvalue weighted by Crippen LogP contribution is 2.15. The Morgan fingerprint density at radius 3 is 2.60 bits per heavy atom. The Labute approximate surface area is 61.6 Å². The van der Waals surface area contributed by atoms with Crippen molar-refractivity contribution in [3.05, 3.63) is 36.2 Å². The Morgan fingerprint density at radius 2 is 2.10 bits per heavy atom. The van der Waals surface area contributed by atoms with Crippen LogP contribution in [0.2, 0.25) is 0 Å². The molecule has 0 heterocycles. The lowest BCUT2D eigenvalue weighted by atomic mass is 10.1. The fraction of sp³-hybridized carbons (Fsp3) is 0.222. The monoisotopic (exact) mass is 135 g/mol. The third-order valence-corrected chi connectivity index (χ3v) is 1.55. The Kier molecular flexibility index (Phi) is 1.95. The Morgan fingerprint density at radius 1 is 1.40 bits per heavy atom. The molecule has 0 spiro atoms. The van der Waals surface area contributed by atoms with E-state index in [-0.39, 0.29) is 0 Å². The second-order valence-corrected chi connectivity index (χ2v) is 2.29. The lowest BCUT2D eigenvalue weighted by molar-refractivity contribution is 0.414. The lowest BCUT2D eigenvalue weighted by Gasteiger charge is -2.02. The van der Waals surface area contributed by atoms with E-state index in [9.17, 15) is 0 Å². The van der Waals surface area contributed by atoms with Crippen molar-refractivity contribution >= 4 is 0 Å². The van der Waals surface area contributed by atoms with Crippen molar-refractivity contribution in [1.82, 2.24) is 0 Å². The molecule has 1 aromatic carbocycles. The fourth-order valence-electron chi connectivity index (χ4n) is 0.795. The molecule has 0 aliphatic rings. The number of ether oxygens (including phenoxy) is 1. The summed E-state index contributed by atoms with van der Waals surface area (Å²) in [6.45, 7) is 5.86. The molecule has 0 saturated carbocycles. The van der Waals surface area contributed by atoms with Crippen molar-refractivity contribution in [3.8, 4) is 5.75 Å². The second kappa shape index (κ2) is 2.74. The number of aryl methyl sites for hydroxylation is 1. The summed E-state index contributed by atoms with van der Waals surface area (Å²) >= 11 is 0. The van der Waals surface area contributed by atoms with Gasteiger partial charge in [-0.2, -0.15) is 0 Å². The molecule has 1 rings (SSSR count). The van der Waals surface area contributed by atoms with Crippen LogP contribution in [0.25, 0.3) is 0 Å². The molecule has 1 heteroatoms. The molecule has 0 fully saturated rings. The highest BCUT2D eigenvalue weighted by atomic mass is 16.5. The molecule has 0 amide bonds. The molecule has 0 bridgehead atoms. The van der Waals surface area contributed by atoms with E-state index < -0.39 is 0 Å². The van der Waals surface area contributed by atoms with E-state index in [1.165, 1.54) is 5.56 Å². The summed E-state index contributed by atoms with van der Waals surface area (Å²) in [7, 11) is 1.66. The number of hydrogen-bond acceptors (Lipinski definition) is 1. The average molecular weight is 135 g/mol. The first kappa shape index (κ1) is 7.13. The van der Waals surface area contributed by atoms with Crippen LogP contribution in [0.1, 0.15) is 11.1 Å². The minimum atomic E-state index is 0.893. The number of hydrogen-bond donors (Lipinski definition) is 0. The van der Waals surface area contributed by atoms with Gasteiger partial charge in [0.1, 0.15) is 5.75 Å². The maximum Gasteiger partial charge on any atom is 0.119 e. The highest BCUT2D eigenvalue weighted by molar-refractivity contribution is 5.35. The van der Waals surface area contributed by atoms with Crippen LogP contribution in [-0.2, 0) is 0 Å². The number of rotatable bonds is 1. The van der Waals surface area contributed by atoms with Crippen LogP contribution in [0, 0.1) is 13.8 Å². The molecule has 53 valence electrons. The van der Waals surface area contributed by atoms with Crippen LogP contribution < -0.4 is 4.74 Å². The van der Waals surface area contributed by atoms with Gasteiger partial charge in [0, 0.05) is 0 Å². The first-order valence-electron chi connectivity index (χ1n) is 3.20. The highest BCUT2D eigenvalue weighted by Gasteiger charge is 1.93. The Bertz CT molecular complexity index is 228. The van der Waals surface area contributed by atoms with Crippen LogP contribution in [0.3, 0.4) is 0 Å². The fourth-order valence-corrected chi connectivity index (χ4v) is 0.795. The van der Waals surface area contributed by atoms with Crippen molar-refractivity contribution < 1.29 is 4.74 Å². The van der Waals surface area contributed by atoms with Crippen LogP contribution in [-0.4, -0.2) is 7.11 Å². The second-order valence-electron chi connectivity index (χ2n) is 2.29. The van der Waals surface area contributed by atoms with Gasteiger partial charge in [-0.25, -0.2) is 0 Å². The van der Waals surface area contributed by atoms with E-state index >= 15 is 0 Å². The summed E-state index contributed by atoms with van der Waals surface area (Å²) in [6, 6.07) is 5.84. The van der Waals surface area contributed by atoms with Crippen LogP contribution >= 0.6 is 0 Å². The van der Waals surface area contributed by atoms with Crippen LogP contribution in [0.5, 0.6) is 5.75 Å². The number of methoxy groups -OCH3 is 1. The van der Waals surface area contributed by atoms with E-state index in [4.69, 9.17) is 4.74 Å². The summed E-state index contributed by atoms with van der Waals surface area (Å²) in [6.07, 6.45) is 0. The Balaban J connectivity index is 3.04. The normalized spacial score (nSPS) is 9.50. The molecule has 0 aliphatic heterocycles. The molecule has 0 aliphatic carbocycles. The van der Waals surface area contributed by atoms with Gasteiger partial charge in [-0.05, 0) is 37.1 Å². The molecule has 0 saturated heterocycles. The van der Waals surface area contributed by atoms with E-state index in [1.54, 1.807) is 7.11 Å². The predicted molar refractivity (Wildman–Crippen MR) is 42.2 cm³/mol. The minimum Gasteiger partial charge on any atom is -0.497 e. The van der Waals surface area contributed by atoms with Crippen molar-refractivity contribution in [3.63, 3.8) is 0 Å². The van der Waals surface area contributed by atoms with Crippen molar-refractivity contribution in [1.29, 1.82) is 0 Å². The summed E-state index contributed by atoms with van der Waals surface area (Å²) in [5.74, 6) is 0.893. The smallest absolute Gasteiger partial charge is 0.119 e. The topological polar surface area (TPSA) is 9.23 Å². The van der Waals surface area contributed by atoms with Gasteiger partial charge in [0.15, 0.2) is 0 Å². The summed E-state index contributed by atoms with van der Waals surface area (Å²) in [5, 5.41) is 0. The zero-order chi connectivity index (χ0) is 7.56. The lowest BCUT2D eigenvalue weighted by Crippen LogP contribution is -1.85. The van der Waals surface area contributed by atoms with Crippen molar-refractivity contribution in [2.45, 2.75) is 6.92 Å². The SMILES string of the molecule is [CH2]c1ccc(OC)cc1C. The van der Waals surface area contributed by atoms with Gasteiger partial charge in [0.25, 0.3) is 0 Å². The average Bonchev–Trinajstić information content (AvgIpc) is 1.95. The molecule has 0 aromatic heterocycles. The molecule has 1 radical (unpaired) electrons.